The summed E-state index contributed by atoms with van der Waals surface area (Å²) in [7, 11) is 0. The first-order valence-electron chi connectivity index (χ1n) is 5.73. The van der Waals surface area contributed by atoms with E-state index in [1.54, 1.807) is 24.5 Å². The lowest BCUT2D eigenvalue weighted by Crippen LogP contribution is -2.44. The lowest BCUT2D eigenvalue weighted by atomic mass is 10.2. The highest BCUT2D eigenvalue weighted by Crippen LogP contribution is 2.18. The Morgan fingerprint density at radius 1 is 1.56 bits per heavy atom. The van der Waals surface area contributed by atoms with E-state index in [1.165, 1.54) is 0 Å². The van der Waals surface area contributed by atoms with Crippen LogP contribution >= 0.6 is 0 Å². The van der Waals surface area contributed by atoms with E-state index in [0.29, 0.717) is 23.2 Å². The Hall–Kier alpha value is -2.28. The summed E-state index contributed by atoms with van der Waals surface area (Å²) in [5.41, 5.74) is 6.54. The third-order valence-electron chi connectivity index (χ3n) is 2.97. The number of carbonyl (C=O) groups is 1. The summed E-state index contributed by atoms with van der Waals surface area (Å²) in [6, 6.07) is 3.69. The summed E-state index contributed by atoms with van der Waals surface area (Å²) in [6.07, 6.45) is 3.26. The fraction of sp³-hybridized carbons (Fsp3) is 0.273. The molecule has 3 heterocycles. The molecule has 1 aliphatic rings. The molecular formula is C11H14N6O. The van der Waals surface area contributed by atoms with Crippen molar-refractivity contribution in [2.45, 2.75) is 6.04 Å². The van der Waals surface area contributed by atoms with Crippen molar-refractivity contribution < 1.29 is 4.79 Å². The van der Waals surface area contributed by atoms with Crippen LogP contribution in [-0.2, 0) is 0 Å². The minimum atomic E-state index is -0.222. The van der Waals surface area contributed by atoms with Crippen molar-refractivity contribution in [3.05, 3.63) is 30.2 Å². The SMILES string of the molecule is Nc1c[nH]c(C(=O)Nc2ccnn2C2CNC2)c1. The average molecular weight is 246 g/mol. The van der Waals surface area contributed by atoms with Crippen molar-refractivity contribution >= 4 is 17.4 Å². The van der Waals surface area contributed by atoms with Gasteiger partial charge < -0.3 is 21.4 Å². The van der Waals surface area contributed by atoms with Gasteiger partial charge in [0.15, 0.2) is 0 Å². The van der Waals surface area contributed by atoms with Crippen molar-refractivity contribution in [1.29, 1.82) is 0 Å². The van der Waals surface area contributed by atoms with Crippen LogP contribution in [0.2, 0.25) is 0 Å². The van der Waals surface area contributed by atoms with Gasteiger partial charge in [0.05, 0.1) is 12.2 Å². The first-order chi connectivity index (χ1) is 8.74. The van der Waals surface area contributed by atoms with Crippen LogP contribution in [0.15, 0.2) is 24.5 Å². The van der Waals surface area contributed by atoms with Crippen LogP contribution in [0.25, 0.3) is 0 Å². The van der Waals surface area contributed by atoms with Gasteiger partial charge in [-0.05, 0) is 6.07 Å². The Kier molecular flexibility index (Phi) is 2.52. The largest absolute Gasteiger partial charge is 0.397 e. The molecule has 1 saturated heterocycles. The smallest absolute Gasteiger partial charge is 0.273 e. The molecule has 5 N–H and O–H groups in total. The molecule has 18 heavy (non-hydrogen) atoms. The van der Waals surface area contributed by atoms with Gasteiger partial charge in [-0.15, -0.1) is 0 Å². The van der Waals surface area contributed by atoms with Crippen molar-refractivity contribution in [2.75, 3.05) is 24.1 Å². The van der Waals surface area contributed by atoms with Crippen LogP contribution in [0, 0.1) is 0 Å². The van der Waals surface area contributed by atoms with E-state index in [4.69, 9.17) is 5.73 Å². The minimum Gasteiger partial charge on any atom is -0.397 e. The van der Waals surface area contributed by atoms with E-state index < -0.39 is 0 Å². The fourth-order valence-corrected chi connectivity index (χ4v) is 1.88. The molecule has 3 rings (SSSR count). The normalized spacial score (nSPS) is 15.3. The van der Waals surface area contributed by atoms with Crippen molar-refractivity contribution in [3.8, 4) is 0 Å². The van der Waals surface area contributed by atoms with Gasteiger partial charge in [-0.2, -0.15) is 5.10 Å². The molecule has 0 spiro atoms. The van der Waals surface area contributed by atoms with Gasteiger partial charge in [0.25, 0.3) is 5.91 Å². The number of H-pyrrole nitrogens is 1. The number of hydrogen-bond acceptors (Lipinski definition) is 4. The number of nitrogen functional groups attached to an aromatic ring is 1. The maximum atomic E-state index is 12.0. The quantitative estimate of drug-likeness (QED) is 0.621. The summed E-state index contributed by atoms with van der Waals surface area (Å²) in [5.74, 6) is 0.473. The lowest BCUT2D eigenvalue weighted by molar-refractivity contribution is 0.102. The number of amides is 1. The van der Waals surface area contributed by atoms with Crippen molar-refractivity contribution in [3.63, 3.8) is 0 Å². The topological polar surface area (TPSA) is 101 Å². The summed E-state index contributed by atoms with van der Waals surface area (Å²) < 4.78 is 1.82. The minimum absolute atomic E-state index is 0.222. The Morgan fingerprint density at radius 3 is 3.00 bits per heavy atom. The number of aromatic amines is 1. The molecule has 0 bridgehead atoms. The van der Waals surface area contributed by atoms with Crippen LogP contribution in [-0.4, -0.2) is 33.8 Å². The standard InChI is InChI=1S/C11H14N6O/c12-7-3-9(14-4-7)11(18)16-10-1-2-15-17(10)8-5-13-6-8/h1-4,8,13-14H,5-6,12H2,(H,16,18). The second-order valence-corrected chi connectivity index (χ2v) is 4.27. The molecule has 1 amide bonds. The molecular weight excluding hydrogens is 232 g/mol. The van der Waals surface area contributed by atoms with E-state index >= 15 is 0 Å². The Balaban J connectivity index is 1.76. The second kappa shape index (κ2) is 4.19. The molecule has 7 nitrogen and oxygen atoms in total. The molecule has 7 heteroatoms. The molecule has 0 aromatic carbocycles. The third-order valence-corrected chi connectivity index (χ3v) is 2.97. The molecule has 0 radical (unpaired) electrons. The van der Waals surface area contributed by atoms with Gasteiger partial charge in [0.2, 0.25) is 0 Å². The molecule has 2 aromatic rings. The predicted molar refractivity (Wildman–Crippen MR) is 67.3 cm³/mol. The van der Waals surface area contributed by atoms with Gasteiger partial charge in [0, 0.05) is 31.0 Å². The zero-order valence-corrected chi connectivity index (χ0v) is 9.68. The van der Waals surface area contributed by atoms with E-state index in [0.717, 1.165) is 13.1 Å². The molecule has 0 unspecified atom stereocenters. The van der Waals surface area contributed by atoms with Gasteiger partial charge in [-0.3, -0.25) is 4.79 Å². The number of nitrogens with two attached hydrogens (primary N) is 1. The molecule has 1 fully saturated rings. The Bertz CT molecular complexity index is 568. The van der Waals surface area contributed by atoms with Crippen LogP contribution in [0.1, 0.15) is 16.5 Å². The van der Waals surface area contributed by atoms with Crippen LogP contribution < -0.4 is 16.4 Å². The number of nitrogens with zero attached hydrogens (tertiary/aromatic N) is 2. The highest BCUT2D eigenvalue weighted by atomic mass is 16.2. The highest BCUT2D eigenvalue weighted by molar-refractivity contribution is 6.03. The van der Waals surface area contributed by atoms with E-state index in [1.807, 2.05) is 4.68 Å². The second-order valence-electron chi connectivity index (χ2n) is 4.27. The number of aromatic nitrogens is 3. The first-order valence-corrected chi connectivity index (χ1v) is 5.73. The summed E-state index contributed by atoms with van der Waals surface area (Å²) in [6.45, 7) is 1.75. The maximum absolute atomic E-state index is 12.0. The third kappa shape index (κ3) is 1.84. The summed E-state index contributed by atoms with van der Waals surface area (Å²) in [4.78, 5) is 14.8. The van der Waals surface area contributed by atoms with E-state index in [-0.39, 0.29) is 5.91 Å². The first kappa shape index (κ1) is 10.8. The molecule has 0 aliphatic carbocycles. The zero-order chi connectivity index (χ0) is 12.5. The molecule has 1 aliphatic heterocycles. The maximum Gasteiger partial charge on any atom is 0.273 e. The average Bonchev–Trinajstić information content (AvgIpc) is 2.86. The van der Waals surface area contributed by atoms with Gasteiger partial charge >= 0.3 is 0 Å². The number of anilines is 2. The molecule has 94 valence electrons. The monoisotopic (exact) mass is 246 g/mol. The zero-order valence-electron chi connectivity index (χ0n) is 9.68. The number of rotatable bonds is 3. The van der Waals surface area contributed by atoms with Gasteiger partial charge in [0.1, 0.15) is 11.5 Å². The van der Waals surface area contributed by atoms with Gasteiger partial charge in [-0.25, -0.2) is 4.68 Å². The summed E-state index contributed by atoms with van der Waals surface area (Å²) in [5, 5.41) is 10.2. The highest BCUT2D eigenvalue weighted by Gasteiger charge is 2.22. The summed E-state index contributed by atoms with van der Waals surface area (Å²) >= 11 is 0. The van der Waals surface area contributed by atoms with Crippen molar-refractivity contribution in [2.24, 2.45) is 0 Å². The van der Waals surface area contributed by atoms with Crippen LogP contribution in [0.3, 0.4) is 0 Å². The number of hydrogen-bond donors (Lipinski definition) is 4. The van der Waals surface area contributed by atoms with E-state index in [2.05, 4.69) is 20.7 Å². The Morgan fingerprint density at radius 2 is 2.39 bits per heavy atom. The number of nitrogens with one attached hydrogen (secondary N) is 3. The predicted octanol–water partition coefficient (Wildman–Crippen LogP) is 0.190. The van der Waals surface area contributed by atoms with Crippen LogP contribution in [0.4, 0.5) is 11.5 Å². The van der Waals surface area contributed by atoms with Crippen molar-refractivity contribution in [1.82, 2.24) is 20.1 Å². The van der Waals surface area contributed by atoms with Gasteiger partial charge in [-0.1, -0.05) is 0 Å². The van der Waals surface area contributed by atoms with E-state index in [9.17, 15) is 4.79 Å². The molecule has 0 saturated carbocycles. The number of carbonyl (C=O) groups excluding carboxylic acids is 1. The van der Waals surface area contributed by atoms with Crippen LogP contribution in [0.5, 0.6) is 0 Å². The molecule has 2 aromatic heterocycles. The fourth-order valence-electron chi connectivity index (χ4n) is 1.88. The molecule has 0 atom stereocenters. The lowest BCUT2D eigenvalue weighted by Gasteiger charge is -2.28. The Labute approximate surface area is 103 Å².